The van der Waals surface area contributed by atoms with Gasteiger partial charge in [-0.2, -0.15) is 0 Å². The predicted octanol–water partition coefficient (Wildman–Crippen LogP) is 2.84. The lowest BCUT2D eigenvalue weighted by Crippen LogP contribution is -2.43. The highest BCUT2D eigenvalue weighted by Gasteiger charge is 2.44. The Morgan fingerprint density at radius 1 is 1.04 bits per heavy atom. The van der Waals surface area contributed by atoms with Gasteiger partial charge in [-0.15, -0.1) is 0 Å². The number of benzene rings is 1. The van der Waals surface area contributed by atoms with Crippen LogP contribution in [0.4, 0.5) is 5.69 Å². The van der Waals surface area contributed by atoms with E-state index in [1.165, 1.54) is 32.0 Å². The molecule has 2 heterocycles. The summed E-state index contributed by atoms with van der Waals surface area (Å²) in [6.07, 6.45) is 6.38. The summed E-state index contributed by atoms with van der Waals surface area (Å²) in [5.41, 5.74) is 7.91. The molecule has 0 atom stereocenters. The van der Waals surface area contributed by atoms with Crippen molar-refractivity contribution in [1.29, 1.82) is 0 Å². The van der Waals surface area contributed by atoms with E-state index < -0.39 is 5.91 Å². The number of aromatic nitrogens is 2. The minimum Gasteiger partial charge on any atom is -0.371 e. The third-order valence-electron chi connectivity index (χ3n) is 5.65. The van der Waals surface area contributed by atoms with E-state index in [0.29, 0.717) is 16.7 Å². The molecule has 146 valence electrons. The van der Waals surface area contributed by atoms with E-state index in [9.17, 15) is 9.59 Å². The Morgan fingerprint density at radius 3 is 2.43 bits per heavy atom. The highest BCUT2D eigenvalue weighted by molar-refractivity contribution is 14.1. The molecule has 1 aliphatic heterocycles. The van der Waals surface area contributed by atoms with Gasteiger partial charge in [0, 0.05) is 22.4 Å². The maximum atomic E-state index is 12.8. The monoisotopic (exact) mass is 491 g/mol. The number of hydrazine groups is 1. The fourth-order valence-corrected chi connectivity index (χ4v) is 4.16. The SMILES string of the molecule is Cc1cc(C(=O)NNC(=O)c2ccc(I)cc2N2CCC3(CC2)CC3)ncn1. The average molecular weight is 491 g/mol. The lowest BCUT2D eigenvalue weighted by atomic mass is 9.93. The molecule has 1 aliphatic carbocycles. The standard InChI is InChI=1S/C20H22IN5O2/c1-13-10-16(23-12-22-13)19(28)25-24-18(27)15-3-2-14(21)11-17(15)26-8-6-20(4-5-20)7-9-26/h2-3,10-12H,4-9H2,1H3,(H,24,27)(H,25,28). The summed E-state index contributed by atoms with van der Waals surface area (Å²) in [6, 6.07) is 7.32. The van der Waals surface area contributed by atoms with Crippen molar-refractivity contribution >= 4 is 40.1 Å². The van der Waals surface area contributed by atoms with Crippen LogP contribution in [-0.2, 0) is 0 Å². The Bertz CT molecular complexity index is 919. The Morgan fingerprint density at radius 2 is 1.75 bits per heavy atom. The van der Waals surface area contributed by atoms with Crippen LogP contribution in [0.15, 0.2) is 30.6 Å². The molecular weight excluding hydrogens is 469 g/mol. The first-order chi connectivity index (χ1) is 13.5. The van der Waals surface area contributed by atoms with E-state index in [1.54, 1.807) is 13.0 Å². The number of nitrogens with one attached hydrogen (secondary N) is 2. The van der Waals surface area contributed by atoms with Crippen molar-refractivity contribution in [2.75, 3.05) is 18.0 Å². The lowest BCUT2D eigenvalue weighted by molar-refractivity contribution is 0.0844. The minimum absolute atomic E-state index is 0.210. The molecule has 8 heteroatoms. The molecule has 1 saturated heterocycles. The molecular formula is C20H22IN5O2. The molecule has 7 nitrogen and oxygen atoms in total. The fourth-order valence-electron chi connectivity index (χ4n) is 3.68. The largest absolute Gasteiger partial charge is 0.371 e. The number of aryl methyl sites for hydroxylation is 1. The average Bonchev–Trinajstić information content (AvgIpc) is 3.45. The normalized spacial score (nSPS) is 17.3. The van der Waals surface area contributed by atoms with Gasteiger partial charge in [0.25, 0.3) is 11.8 Å². The van der Waals surface area contributed by atoms with Crippen LogP contribution in [0.25, 0.3) is 0 Å². The minimum atomic E-state index is -0.473. The summed E-state index contributed by atoms with van der Waals surface area (Å²) in [7, 11) is 0. The van der Waals surface area contributed by atoms with Crippen LogP contribution in [0, 0.1) is 15.9 Å². The molecule has 2 aliphatic rings. The second kappa shape index (κ2) is 7.65. The first kappa shape index (κ1) is 19.1. The molecule has 28 heavy (non-hydrogen) atoms. The van der Waals surface area contributed by atoms with Crippen LogP contribution >= 0.6 is 22.6 Å². The number of anilines is 1. The van der Waals surface area contributed by atoms with Gasteiger partial charge in [0.1, 0.15) is 12.0 Å². The van der Waals surface area contributed by atoms with Gasteiger partial charge in [-0.05, 0) is 84.9 Å². The zero-order chi connectivity index (χ0) is 19.7. The van der Waals surface area contributed by atoms with Crippen LogP contribution in [-0.4, -0.2) is 34.9 Å². The Balaban J connectivity index is 1.46. The molecule has 1 spiro atoms. The Kier molecular flexibility index (Phi) is 5.22. The molecule has 2 fully saturated rings. The second-order valence-corrected chi connectivity index (χ2v) is 8.85. The van der Waals surface area contributed by atoms with Gasteiger partial charge in [0.2, 0.25) is 0 Å². The number of amides is 2. The van der Waals surface area contributed by atoms with E-state index in [0.717, 1.165) is 22.3 Å². The smallest absolute Gasteiger partial charge is 0.288 e. The molecule has 2 amide bonds. The van der Waals surface area contributed by atoms with Gasteiger partial charge in [-0.3, -0.25) is 20.4 Å². The summed E-state index contributed by atoms with van der Waals surface area (Å²) in [5, 5.41) is 0. The molecule has 1 aromatic carbocycles. The number of halogens is 1. The van der Waals surface area contributed by atoms with Gasteiger partial charge >= 0.3 is 0 Å². The zero-order valence-corrected chi connectivity index (χ0v) is 17.8. The van der Waals surface area contributed by atoms with Crippen LogP contribution in [0.5, 0.6) is 0 Å². The van der Waals surface area contributed by atoms with Gasteiger partial charge in [-0.1, -0.05) is 0 Å². The quantitative estimate of drug-likeness (QED) is 0.510. The highest BCUT2D eigenvalue weighted by Crippen LogP contribution is 2.54. The van der Waals surface area contributed by atoms with Gasteiger partial charge in [-0.25, -0.2) is 9.97 Å². The number of carbonyl (C=O) groups is 2. The molecule has 4 rings (SSSR count). The van der Waals surface area contributed by atoms with Crippen molar-refractivity contribution in [3.8, 4) is 0 Å². The topological polar surface area (TPSA) is 87.2 Å². The van der Waals surface area contributed by atoms with Crippen LogP contribution < -0.4 is 15.8 Å². The Hall–Kier alpha value is -2.23. The fraction of sp³-hybridized carbons (Fsp3) is 0.400. The maximum Gasteiger partial charge on any atom is 0.288 e. The summed E-state index contributed by atoms with van der Waals surface area (Å²) in [5.74, 6) is -0.809. The summed E-state index contributed by atoms with van der Waals surface area (Å²) in [6.45, 7) is 3.71. The van der Waals surface area contributed by atoms with Crippen LogP contribution in [0.2, 0.25) is 0 Å². The lowest BCUT2D eigenvalue weighted by Gasteiger charge is -2.35. The van der Waals surface area contributed by atoms with Crippen molar-refractivity contribution in [3.05, 3.63) is 51.1 Å². The molecule has 2 N–H and O–H groups in total. The van der Waals surface area contributed by atoms with Gasteiger partial charge in [0.05, 0.1) is 11.3 Å². The van der Waals surface area contributed by atoms with Crippen molar-refractivity contribution in [2.45, 2.75) is 32.6 Å². The molecule has 2 aromatic rings. The van der Waals surface area contributed by atoms with Crippen molar-refractivity contribution in [2.24, 2.45) is 5.41 Å². The third-order valence-corrected chi connectivity index (χ3v) is 6.32. The predicted molar refractivity (Wildman–Crippen MR) is 114 cm³/mol. The van der Waals surface area contributed by atoms with Gasteiger partial charge < -0.3 is 4.90 Å². The summed E-state index contributed by atoms with van der Waals surface area (Å²) >= 11 is 2.26. The first-order valence-electron chi connectivity index (χ1n) is 9.40. The molecule has 1 aromatic heterocycles. The summed E-state index contributed by atoms with van der Waals surface area (Å²) < 4.78 is 1.08. The number of hydrogen-bond donors (Lipinski definition) is 2. The van der Waals surface area contributed by atoms with Crippen molar-refractivity contribution < 1.29 is 9.59 Å². The Labute approximate surface area is 177 Å². The van der Waals surface area contributed by atoms with Crippen molar-refractivity contribution in [1.82, 2.24) is 20.8 Å². The number of nitrogens with zero attached hydrogens (tertiary/aromatic N) is 3. The molecule has 0 unspecified atom stereocenters. The van der Waals surface area contributed by atoms with Gasteiger partial charge in [0.15, 0.2) is 0 Å². The van der Waals surface area contributed by atoms with E-state index in [4.69, 9.17) is 0 Å². The van der Waals surface area contributed by atoms with Crippen LogP contribution in [0.1, 0.15) is 52.2 Å². The second-order valence-electron chi connectivity index (χ2n) is 7.60. The number of carbonyl (C=O) groups excluding carboxylic acids is 2. The van der Waals surface area contributed by atoms with E-state index in [-0.39, 0.29) is 11.6 Å². The number of rotatable bonds is 3. The third kappa shape index (κ3) is 4.11. The van der Waals surface area contributed by atoms with Crippen molar-refractivity contribution in [3.63, 3.8) is 0 Å². The first-order valence-corrected chi connectivity index (χ1v) is 10.5. The molecule has 0 bridgehead atoms. The molecule has 1 saturated carbocycles. The zero-order valence-electron chi connectivity index (χ0n) is 15.7. The maximum absolute atomic E-state index is 12.8. The van der Waals surface area contributed by atoms with E-state index >= 15 is 0 Å². The number of piperidine rings is 1. The number of hydrogen-bond acceptors (Lipinski definition) is 5. The highest BCUT2D eigenvalue weighted by atomic mass is 127. The summed E-state index contributed by atoms with van der Waals surface area (Å²) in [4.78, 5) is 35.2. The molecule has 0 radical (unpaired) electrons. The van der Waals surface area contributed by atoms with E-state index in [2.05, 4.69) is 48.3 Å². The van der Waals surface area contributed by atoms with Crippen LogP contribution in [0.3, 0.4) is 0 Å². The van der Waals surface area contributed by atoms with E-state index in [1.807, 2.05) is 18.2 Å².